The fourth-order valence-electron chi connectivity index (χ4n) is 4.49. The second-order valence-corrected chi connectivity index (χ2v) is 14.0. The number of carbonyl (C=O) groups is 5. The van der Waals surface area contributed by atoms with Crippen LogP contribution in [0.5, 0.6) is 0 Å². The van der Waals surface area contributed by atoms with Crippen LogP contribution in [0.3, 0.4) is 0 Å². The van der Waals surface area contributed by atoms with Gasteiger partial charge in [0.1, 0.15) is 11.9 Å². The number of nitrogens with zero attached hydrogens (tertiary/aromatic N) is 3. The molecule has 2 heterocycles. The molecule has 18 nitrogen and oxygen atoms in total. The highest BCUT2D eigenvalue weighted by atomic mass is 31.2. The third-order valence-corrected chi connectivity index (χ3v) is 10.1. The lowest BCUT2D eigenvalue weighted by Crippen LogP contribution is -2.50. The van der Waals surface area contributed by atoms with Crippen LogP contribution in [-0.2, 0) is 37.8 Å². The lowest BCUT2D eigenvalue weighted by atomic mass is 10.2. The normalized spacial score (nSPS) is 17.3. The third kappa shape index (κ3) is 10.5. The Morgan fingerprint density at radius 3 is 2.29 bits per heavy atom. The van der Waals surface area contributed by atoms with Crippen LogP contribution in [0.2, 0.25) is 0 Å². The summed E-state index contributed by atoms with van der Waals surface area (Å²) < 4.78 is 47.6. The Balaban J connectivity index is 1.40. The Morgan fingerprint density at radius 1 is 1.07 bits per heavy atom. The SMILES string of the molecule is CC(=O)NC[C@H]1CN(c2ccc(N3CCN(C(=O)COC(=O)CCCC(=O)NC(P(=O)(O)O)P(=O)(O)O)CC3)c(F)c2)C(=O)O1. The first-order valence-corrected chi connectivity index (χ1v) is 16.9. The van der Waals surface area contributed by atoms with Crippen molar-refractivity contribution >= 4 is 56.4 Å². The van der Waals surface area contributed by atoms with E-state index in [9.17, 15) is 33.1 Å². The number of benzene rings is 1. The van der Waals surface area contributed by atoms with Gasteiger partial charge in [0, 0.05) is 45.9 Å². The Bertz CT molecular complexity index is 1370. The summed E-state index contributed by atoms with van der Waals surface area (Å²) in [6.07, 6.45) is -2.28. The highest BCUT2D eigenvalue weighted by Gasteiger charge is 2.44. The predicted molar refractivity (Wildman–Crippen MR) is 152 cm³/mol. The van der Waals surface area contributed by atoms with Crippen molar-refractivity contribution in [3.63, 3.8) is 0 Å². The topological polar surface area (TPSA) is 253 Å². The Kier molecular flexibility index (Phi) is 12.1. The lowest BCUT2D eigenvalue weighted by molar-refractivity contribution is -0.152. The van der Waals surface area contributed by atoms with Crippen LogP contribution in [0, 0.1) is 5.82 Å². The van der Waals surface area contributed by atoms with Gasteiger partial charge in [-0.05, 0) is 24.6 Å². The molecule has 2 fully saturated rings. The minimum absolute atomic E-state index is 0.132. The second kappa shape index (κ2) is 15.1. The zero-order chi connectivity index (χ0) is 33.5. The zero-order valence-electron chi connectivity index (χ0n) is 24.0. The van der Waals surface area contributed by atoms with Crippen molar-refractivity contribution in [2.45, 2.75) is 37.8 Å². The van der Waals surface area contributed by atoms with Crippen LogP contribution in [0.15, 0.2) is 18.2 Å². The average Bonchev–Trinajstić information content (AvgIpc) is 3.32. The number of ether oxygens (including phenoxy) is 2. The lowest BCUT2D eigenvalue weighted by Gasteiger charge is -2.36. The molecule has 0 aliphatic carbocycles. The summed E-state index contributed by atoms with van der Waals surface area (Å²) in [5, 5.41) is 4.13. The molecule has 0 bridgehead atoms. The van der Waals surface area contributed by atoms with Crippen LogP contribution in [-0.4, -0.2) is 112 Å². The van der Waals surface area contributed by atoms with Gasteiger partial charge >= 0.3 is 27.3 Å². The van der Waals surface area contributed by atoms with Crippen molar-refractivity contribution in [1.29, 1.82) is 0 Å². The molecule has 2 saturated heterocycles. The Hall–Kier alpha value is -3.60. The van der Waals surface area contributed by atoms with Gasteiger partial charge in [-0.25, -0.2) is 9.18 Å². The third-order valence-electron chi connectivity index (χ3n) is 6.74. The van der Waals surface area contributed by atoms with E-state index in [1.54, 1.807) is 16.3 Å². The van der Waals surface area contributed by atoms with E-state index in [2.05, 4.69) is 5.32 Å². The number of piperazine rings is 1. The zero-order valence-corrected chi connectivity index (χ0v) is 25.8. The van der Waals surface area contributed by atoms with Crippen molar-refractivity contribution < 1.29 is 66.5 Å². The van der Waals surface area contributed by atoms with Gasteiger partial charge in [-0.2, -0.15) is 0 Å². The predicted octanol–water partition coefficient (Wildman–Crippen LogP) is -0.596. The summed E-state index contributed by atoms with van der Waals surface area (Å²) in [5.41, 5.74) is -2.16. The first-order chi connectivity index (χ1) is 21.0. The number of nitrogens with one attached hydrogen (secondary N) is 2. The minimum Gasteiger partial charge on any atom is -0.456 e. The number of hydrogen-bond donors (Lipinski definition) is 6. The molecule has 1 aromatic rings. The van der Waals surface area contributed by atoms with E-state index in [4.69, 9.17) is 29.0 Å². The summed E-state index contributed by atoms with van der Waals surface area (Å²) in [6, 6.07) is 4.28. The summed E-state index contributed by atoms with van der Waals surface area (Å²) >= 11 is 0. The second-order valence-electron chi connectivity index (χ2n) is 10.2. The molecule has 0 aromatic heterocycles. The smallest absolute Gasteiger partial charge is 0.414 e. The van der Waals surface area contributed by atoms with Crippen molar-refractivity contribution in [1.82, 2.24) is 15.5 Å². The van der Waals surface area contributed by atoms with E-state index in [0.29, 0.717) is 0 Å². The van der Waals surface area contributed by atoms with Gasteiger partial charge in [-0.3, -0.25) is 33.2 Å². The van der Waals surface area contributed by atoms with Crippen molar-refractivity contribution in [3.8, 4) is 0 Å². The van der Waals surface area contributed by atoms with Crippen molar-refractivity contribution in [2.24, 2.45) is 0 Å². The fraction of sp³-hybridized carbons (Fsp3) is 0.542. The molecule has 3 rings (SSSR count). The van der Waals surface area contributed by atoms with Gasteiger partial charge in [0.05, 0.1) is 24.5 Å². The monoisotopic (exact) mass is 681 g/mol. The molecule has 45 heavy (non-hydrogen) atoms. The molecule has 250 valence electrons. The molecule has 0 saturated carbocycles. The number of rotatable bonds is 13. The van der Waals surface area contributed by atoms with Crippen LogP contribution in [0.25, 0.3) is 0 Å². The summed E-state index contributed by atoms with van der Waals surface area (Å²) in [5.74, 6) is -3.32. The number of cyclic esters (lactones) is 1. The van der Waals surface area contributed by atoms with E-state index in [1.165, 1.54) is 28.9 Å². The molecule has 0 unspecified atom stereocenters. The first-order valence-electron chi connectivity index (χ1n) is 13.6. The van der Waals surface area contributed by atoms with Gasteiger partial charge in [0.25, 0.3) is 5.91 Å². The number of carbonyl (C=O) groups excluding carboxylic acids is 5. The number of anilines is 2. The highest BCUT2D eigenvalue weighted by molar-refractivity contribution is 7.70. The van der Waals surface area contributed by atoms with Crippen molar-refractivity contribution in [2.75, 3.05) is 55.7 Å². The average molecular weight is 682 g/mol. The van der Waals surface area contributed by atoms with Gasteiger partial charge in [0.15, 0.2) is 6.61 Å². The van der Waals surface area contributed by atoms with Crippen LogP contribution >= 0.6 is 15.2 Å². The maximum atomic E-state index is 15.0. The van der Waals surface area contributed by atoms with E-state index in [0.717, 1.165) is 0 Å². The Labute approximate surface area is 256 Å². The molecule has 0 radical (unpaired) electrons. The Morgan fingerprint density at radius 2 is 1.71 bits per heavy atom. The molecule has 1 aromatic carbocycles. The number of hydrogen-bond acceptors (Lipinski definition) is 10. The van der Waals surface area contributed by atoms with E-state index < -0.39 is 69.5 Å². The molecular formula is C24H34FN5O13P2. The van der Waals surface area contributed by atoms with Crippen LogP contribution < -0.4 is 20.4 Å². The summed E-state index contributed by atoms with van der Waals surface area (Å²) in [4.78, 5) is 100. The molecular weight excluding hydrogens is 647 g/mol. The molecule has 1 atom stereocenters. The van der Waals surface area contributed by atoms with Crippen LogP contribution in [0.1, 0.15) is 26.2 Å². The van der Waals surface area contributed by atoms with Gasteiger partial charge in [-0.1, -0.05) is 0 Å². The number of amides is 4. The maximum Gasteiger partial charge on any atom is 0.414 e. The largest absolute Gasteiger partial charge is 0.456 e. The fourth-order valence-corrected chi connectivity index (χ4v) is 6.68. The van der Waals surface area contributed by atoms with Crippen molar-refractivity contribution in [3.05, 3.63) is 24.0 Å². The van der Waals surface area contributed by atoms with E-state index in [-0.39, 0.29) is 69.4 Å². The first kappa shape index (κ1) is 35.9. The summed E-state index contributed by atoms with van der Waals surface area (Å²) in [6.45, 7) is 1.93. The van der Waals surface area contributed by atoms with E-state index >= 15 is 4.39 Å². The van der Waals surface area contributed by atoms with Gasteiger partial charge < -0.3 is 49.5 Å². The number of halogens is 1. The molecule has 21 heteroatoms. The molecule has 2 aliphatic rings. The molecule has 6 N–H and O–H groups in total. The number of esters is 1. The van der Waals surface area contributed by atoms with Gasteiger partial charge in [0.2, 0.25) is 17.3 Å². The minimum atomic E-state index is -5.35. The summed E-state index contributed by atoms with van der Waals surface area (Å²) in [7, 11) is -10.7. The molecule has 4 amide bonds. The molecule has 0 spiro atoms. The maximum absolute atomic E-state index is 15.0. The molecule has 2 aliphatic heterocycles. The van der Waals surface area contributed by atoms with E-state index in [1.807, 2.05) is 0 Å². The quantitative estimate of drug-likeness (QED) is 0.112. The van der Waals surface area contributed by atoms with Gasteiger partial charge in [-0.15, -0.1) is 0 Å². The highest BCUT2D eigenvalue weighted by Crippen LogP contribution is 2.58. The van der Waals surface area contributed by atoms with Crippen LogP contribution in [0.4, 0.5) is 20.6 Å². The standard InChI is InChI=1S/C24H34FN5O13P2/c1-15(31)26-12-17-13-30(24(35)43-17)16-5-6-19(18(25)11-16)28-7-9-29(10-8-28)21(33)14-42-22(34)4-2-3-20(32)27-23(44(36,37)38)45(39,40)41/h5-6,11,17,23H,2-4,7-10,12-14H2,1H3,(H,26,31)(H,27,32)(H2,36,37,38)(H2,39,40,41)/t17-/m0/s1.